The summed E-state index contributed by atoms with van der Waals surface area (Å²) in [6.07, 6.45) is 2.79. The van der Waals surface area contributed by atoms with Crippen LogP contribution in [0.5, 0.6) is 0 Å². The molecule has 0 fully saturated rings. The van der Waals surface area contributed by atoms with Crippen molar-refractivity contribution in [2.24, 2.45) is 0 Å². The van der Waals surface area contributed by atoms with Gasteiger partial charge in [-0.15, -0.1) is 0 Å². The third-order valence-corrected chi connectivity index (χ3v) is 4.15. The van der Waals surface area contributed by atoms with Crippen LogP contribution in [0.25, 0.3) is 0 Å². The second-order valence-electron chi connectivity index (χ2n) is 6.06. The van der Waals surface area contributed by atoms with Gasteiger partial charge in [0.1, 0.15) is 0 Å². The monoisotopic (exact) mass is 320 g/mol. The lowest BCUT2D eigenvalue weighted by atomic mass is 9.97. The average Bonchev–Trinajstić information content (AvgIpc) is 2.48. The number of hydrogen-bond donors (Lipinski definition) is 6. The molecular weight excluding hydrogens is 284 g/mol. The topological polar surface area (TPSA) is 105 Å². The number of hydrogen-bond acceptors (Lipinski definition) is 6. The molecule has 0 aliphatic rings. The van der Waals surface area contributed by atoms with E-state index in [9.17, 15) is 15.3 Å². The van der Waals surface area contributed by atoms with Crippen LogP contribution < -0.4 is 10.6 Å². The maximum Gasteiger partial charge on any atom is 0.0708 e. The molecule has 0 aliphatic carbocycles. The highest BCUT2D eigenvalue weighted by Crippen LogP contribution is 2.11. The van der Waals surface area contributed by atoms with E-state index in [-0.39, 0.29) is 44.0 Å². The van der Waals surface area contributed by atoms with E-state index < -0.39 is 6.10 Å². The fourth-order valence-corrected chi connectivity index (χ4v) is 2.66. The number of aliphatic hydroxyl groups excluding tert-OH is 4. The van der Waals surface area contributed by atoms with E-state index in [2.05, 4.69) is 10.6 Å². The van der Waals surface area contributed by atoms with E-state index in [0.29, 0.717) is 19.3 Å². The summed E-state index contributed by atoms with van der Waals surface area (Å²) in [6.45, 7) is 6.24. The second kappa shape index (κ2) is 13.2. The number of aliphatic hydroxyl groups is 4. The van der Waals surface area contributed by atoms with Crippen LogP contribution in [0.4, 0.5) is 0 Å². The first kappa shape index (κ1) is 21.8. The third-order valence-electron chi connectivity index (χ3n) is 4.15. The summed E-state index contributed by atoms with van der Waals surface area (Å²) in [5.74, 6) is 0. The van der Waals surface area contributed by atoms with Crippen LogP contribution in [0.1, 0.15) is 52.9 Å². The van der Waals surface area contributed by atoms with Gasteiger partial charge in [-0.1, -0.05) is 13.8 Å². The van der Waals surface area contributed by atoms with Crippen molar-refractivity contribution in [2.75, 3.05) is 19.8 Å². The Kier molecular flexibility index (Phi) is 13.1. The Bertz CT molecular complexity index is 252. The fourth-order valence-electron chi connectivity index (χ4n) is 2.66. The quantitative estimate of drug-likeness (QED) is 0.269. The Hall–Kier alpha value is -0.240. The van der Waals surface area contributed by atoms with Gasteiger partial charge >= 0.3 is 0 Å². The van der Waals surface area contributed by atoms with Gasteiger partial charge in [0, 0.05) is 37.4 Å². The summed E-state index contributed by atoms with van der Waals surface area (Å²) in [7, 11) is 0. The molecule has 0 bridgehead atoms. The van der Waals surface area contributed by atoms with E-state index in [4.69, 9.17) is 5.11 Å². The smallest absolute Gasteiger partial charge is 0.0708 e. The van der Waals surface area contributed by atoms with E-state index in [0.717, 1.165) is 12.8 Å². The molecule has 0 heterocycles. The zero-order valence-corrected chi connectivity index (χ0v) is 14.3. The molecule has 0 radical (unpaired) electrons. The lowest BCUT2D eigenvalue weighted by Gasteiger charge is -2.31. The van der Waals surface area contributed by atoms with Gasteiger partial charge in [-0.25, -0.2) is 0 Å². The van der Waals surface area contributed by atoms with Gasteiger partial charge in [0.25, 0.3) is 0 Å². The van der Waals surface area contributed by atoms with Crippen molar-refractivity contribution in [3.63, 3.8) is 0 Å². The van der Waals surface area contributed by atoms with Crippen molar-refractivity contribution in [2.45, 2.75) is 83.1 Å². The maximum atomic E-state index is 10.5. The van der Waals surface area contributed by atoms with Crippen LogP contribution in [-0.4, -0.2) is 70.5 Å². The number of rotatable bonds is 14. The molecule has 22 heavy (non-hydrogen) atoms. The Balaban J connectivity index is 4.52. The molecule has 134 valence electrons. The van der Waals surface area contributed by atoms with Gasteiger partial charge < -0.3 is 31.1 Å². The van der Waals surface area contributed by atoms with E-state index in [1.165, 1.54) is 0 Å². The molecule has 0 amide bonds. The minimum Gasteiger partial charge on any atom is -0.396 e. The van der Waals surface area contributed by atoms with Gasteiger partial charge in [0.15, 0.2) is 0 Å². The minimum atomic E-state index is -0.545. The summed E-state index contributed by atoms with van der Waals surface area (Å²) >= 11 is 0. The highest BCUT2D eigenvalue weighted by molar-refractivity contribution is 4.83. The van der Waals surface area contributed by atoms with Gasteiger partial charge in [0.05, 0.1) is 12.7 Å². The third kappa shape index (κ3) is 9.02. The standard InChI is InChI=1S/C16H36N2O4/c1-4-13(11-21)18-15(5-2)16(22)10-14(7-9-20)17-12(3)6-8-19/h12-22H,4-11H2,1-3H3. The van der Waals surface area contributed by atoms with Crippen molar-refractivity contribution in [1.29, 1.82) is 0 Å². The lowest BCUT2D eigenvalue weighted by Crippen LogP contribution is -2.49. The molecule has 5 atom stereocenters. The molecule has 0 aromatic heterocycles. The molecule has 0 aliphatic heterocycles. The van der Waals surface area contributed by atoms with Gasteiger partial charge in [-0.3, -0.25) is 0 Å². The maximum absolute atomic E-state index is 10.5. The van der Waals surface area contributed by atoms with Gasteiger partial charge in [0.2, 0.25) is 0 Å². The van der Waals surface area contributed by atoms with Gasteiger partial charge in [-0.2, -0.15) is 0 Å². The molecule has 0 rings (SSSR count). The molecule has 0 saturated carbocycles. The van der Waals surface area contributed by atoms with Crippen LogP contribution in [0.3, 0.4) is 0 Å². The molecule has 6 N–H and O–H groups in total. The molecule has 0 saturated heterocycles. The summed E-state index contributed by atoms with van der Waals surface area (Å²) < 4.78 is 0. The Labute approximate surface area is 134 Å². The lowest BCUT2D eigenvalue weighted by molar-refractivity contribution is 0.0847. The summed E-state index contributed by atoms with van der Waals surface area (Å²) in [4.78, 5) is 0. The van der Waals surface area contributed by atoms with Crippen LogP contribution in [0, 0.1) is 0 Å². The predicted molar refractivity (Wildman–Crippen MR) is 88.8 cm³/mol. The SMILES string of the molecule is CCC(CO)NC(CC)C(O)CC(CCO)NC(C)CCO. The molecule has 6 nitrogen and oxygen atoms in total. The van der Waals surface area contributed by atoms with E-state index >= 15 is 0 Å². The molecular formula is C16H36N2O4. The highest BCUT2D eigenvalue weighted by Gasteiger charge is 2.24. The van der Waals surface area contributed by atoms with Crippen LogP contribution in [0.15, 0.2) is 0 Å². The average molecular weight is 320 g/mol. The minimum absolute atomic E-state index is 0.00263. The van der Waals surface area contributed by atoms with Gasteiger partial charge in [-0.05, 0) is 39.0 Å². The second-order valence-corrected chi connectivity index (χ2v) is 6.06. The molecule has 0 spiro atoms. The zero-order valence-electron chi connectivity index (χ0n) is 14.3. The molecule has 0 aromatic rings. The molecule has 0 aromatic carbocycles. The summed E-state index contributed by atoms with van der Waals surface area (Å²) in [5.41, 5.74) is 0. The van der Waals surface area contributed by atoms with E-state index in [1.54, 1.807) is 0 Å². The highest BCUT2D eigenvalue weighted by atomic mass is 16.3. The number of nitrogens with one attached hydrogen (secondary N) is 2. The van der Waals surface area contributed by atoms with Crippen molar-refractivity contribution >= 4 is 0 Å². The summed E-state index contributed by atoms with van der Waals surface area (Å²) in [5, 5.41) is 44.6. The fraction of sp³-hybridized carbons (Fsp3) is 1.00. The normalized spacial score (nSPS) is 18.7. The first-order valence-electron chi connectivity index (χ1n) is 8.54. The van der Waals surface area contributed by atoms with Crippen LogP contribution in [-0.2, 0) is 0 Å². The van der Waals surface area contributed by atoms with Crippen molar-refractivity contribution in [3.8, 4) is 0 Å². The molecule has 6 heteroatoms. The predicted octanol–water partition coefficient (Wildman–Crippen LogP) is -0.0120. The van der Waals surface area contributed by atoms with Crippen LogP contribution in [0.2, 0.25) is 0 Å². The Morgan fingerprint density at radius 2 is 1.50 bits per heavy atom. The first-order chi connectivity index (χ1) is 10.5. The van der Waals surface area contributed by atoms with Crippen molar-refractivity contribution in [3.05, 3.63) is 0 Å². The van der Waals surface area contributed by atoms with Crippen molar-refractivity contribution < 1.29 is 20.4 Å². The first-order valence-corrected chi connectivity index (χ1v) is 8.54. The van der Waals surface area contributed by atoms with Crippen LogP contribution >= 0.6 is 0 Å². The van der Waals surface area contributed by atoms with E-state index in [1.807, 2.05) is 20.8 Å². The largest absolute Gasteiger partial charge is 0.396 e. The van der Waals surface area contributed by atoms with Crippen molar-refractivity contribution in [1.82, 2.24) is 10.6 Å². The summed E-state index contributed by atoms with van der Waals surface area (Å²) in [6, 6.07) is 0.0691. The zero-order chi connectivity index (χ0) is 17.0. The Morgan fingerprint density at radius 1 is 0.864 bits per heavy atom. The molecule has 5 unspecified atom stereocenters. The Morgan fingerprint density at radius 3 is 1.95 bits per heavy atom.